The molecular weight excluding hydrogens is 272 g/mol. The Kier molecular flexibility index (Phi) is 13.1. The molecule has 0 spiro atoms. The van der Waals surface area contributed by atoms with Gasteiger partial charge in [0.25, 0.3) is 0 Å². The molecule has 0 aromatic rings. The number of aliphatic carboxylic acids is 2. The van der Waals surface area contributed by atoms with Crippen LogP contribution in [0.4, 0.5) is 0 Å². The maximum absolute atomic E-state index is 10.3. The van der Waals surface area contributed by atoms with Crippen LogP contribution in [0.2, 0.25) is 0 Å². The van der Waals surface area contributed by atoms with Crippen LogP contribution in [0.25, 0.3) is 0 Å². The molecule has 0 rings (SSSR count). The van der Waals surface area contributed by atoms with Gasteiger partial charge in [-0.05, 0) is 25.7 Å². The lowest BCUT2D eigenvalue weighted by Gasteiger charge is -2.10. The molecule has 124 valence electrons. The highest BCUT2D eigenvalue weighted by molar-refractivity contribution is 5.66. The summed E-state index contributed by atoms with van der Waals surface area (Å²) >= 11 is 0. The van der Waals surface area contributed by atoms with E-state index in [1.165, 1.54) is 0 Å². The topological polar surface area (TPSA) is 94.8 Å². The summed E-state index contributed by atoms with van der Waals surface area (Å²) in [4.78, 5) is 20.6. The van der Waals surface area contributed by atoms with Crippen molar-refractivity contribution >= 4 is 11.9 Å². The number of rotatable bonds is 15. The van der Waals surface area contributed by atoms with E-state index in [0.29, 0.717) is 6.42 Å². The highest BCUT2D eigenvalue weighted by atomic mass is 16.4. The van der Waals surface area contributed by atoms with Crippen molar-refractivity contribution in [3.63, 3.8) is 0 Å². The molecule has 0 aromatic carbocycles. The van der Waals surface area contributed by atoms with Crippen LogP contribution in [0.3, 0.4) is 0 Å². The van der Waals surface area contributed by atoms with Gasteiger partial charge in [-0.15, -0.1) is 0 Å². The van der Waals surface area contributed by atoms with Gasteiger partial charge < -0.3 is 15.3 Å². The molecule has 0 aliphatic heterocycles. The second-order valence-corrected chi connectivity index (χ2v) is 5.70. The minimum Gasteiger partial charge on any atom is -0.481 e. The van der Waals surface area contributed by atoms with Gasteiger partial charge in [-0.2, -0.15) is 0 Å². The number of hydrogen-bond acceptors (Lipinski definition) is 3. The molecule has 0 saturated carbocycles. The zero-order chi connectivity index (χ0) is 15.9. The molecule has 5 heteroatoms. The van der Waals surface area contributed by atoms with E-state index in [2.05, 4.69) is 0 Å². The van der Waals surface area contributed by atoms with Gasteiger partial charge in [0.2, 0.25) is 0 Å². The Morgan fingerprint density at radius 1 is 0.619 bits per heavy atom. The first kappa shape index (κ1) is 19.9. The molecule has 1 atom stereocenters. The van der Waals surface area contributed by atoms with Crippen molar-refractivity contribution in [3.05, 3.63) is 0 Å². The lowest BCUT2D eigenvalue weighted by atomic mass is 10.0. The molecular formula is C16H30O5. The SMILES string of the molecule is O=C(O)CCCCCCCCC(O)CCCCCC(=O)O. The summed E-state index contributed by atoms with van der Waals surface area (Å²) in [6, 6.07) is 0. The van der Waals surface area contributed by atoms with Crippen LogP contribution in [0.15, 0.2) is 0 Å². The van der Waals surface area contributed by atoms with Crippen molar-refractivity contribution in [1.29, 1.82) is 0 Å². The van der Waals surface area contributed by atoms with Gasteiger partial charge in [0, 0.05) is 12.8 Å². The third kappa shape index (κ3) is 16.8. The first-order chi connectivity index (χ1) is 10.0. The molecule has 3 N–H and O–H groups in total. The predicted octanol–water partition coefficient (Wildman–Crippen LogP) is 3.59. The molecule has 0 fully saturated rings. The average molecular weight is 302 g/mol. The third-order valence-corrected chi connectivity index (χ3v) is 3.61. The maximum Gasteiger partial charge on any atom is 0.303 e. The Hall–Kier alpha value is -1.10. The van der Waals surface area contributed by atoms with Crippen LogP contribution in [-0.4, -0.2) is 33.4 Å². The Balaban J connectivity index is 3.20. The molecule has 0 heterocycles. The molecule has 5 nitrogen and oxygen atoms in total. The fourth-order valence-electron chi connectivity index (χ4n) is 2.34. The van der Waals surface area contributed by atoms with Gasteiger partial charge in [0.15, 0.2) is 0 Å². The second kappa shape index (κ2) is 13.9. The van der Waals surface area contributed by atoms with E-state index >= 15 is 0 Å². The zero-order valence-corrected chi connectivity index (χ0v) is 12.9. The molecule has 0 amide bonds. The van der Waals surface area contributed by atoms with Crippen LogP contribution < -0.4 is 0 Å². The van der Waals surface area contributed by atoms with Crippen LogP contribution >= 0.6 is 0 Å². The van der Waals surface area contributed by atoms with Crippen molar-refractivity contribution in [2.75, 3.05) is 0 Å². The largest absolute Gasteiger partial charge is 0.481 e. The Morgan fingerprint density at radius 3 is 1.38 bits per heavy atom. The van der Waals surface area contributed by atoms with Crippen LogP contribution in [0.1, 0.15) is 83.5 Å². The number of hydrogen-bond donors (Lipinski definition) is 3. The van der Waals surface area contributed by atoms with Crippen molar-refractivity contribution in [2.24, 2.45) is 0 Å². The summed E-state index contributed by atoms with van der Waals surface area (Å²) in [6.45, 7) is 0. The van der Waals surface area contributed by atoms with E-state index < -0.39 is 11.9 Å². The van der Waals surface area contributed by atoms with Gasteiger partial charge in [-0.1, -0.05) is 44.9 Å². The van der Waals surface area contributed by atoms with Crippen molar-refractivity contribution in [2.45, 2.75) is 89.6 Å². The minimum absolute atomic E-state index is 0.220. The summed E-state index contributed by atoms with van der Waals surface area (Å²) in [7, 11) is 0. The van der Waals surface area contributed by atoms with Crippen LogP contribution in [-0.2, 0) is 9.59 Å². The lowest BCUT2D eigenvalue weighted by Crippen LogP contribution is -2.06. The summed E-state index contributed by atoms with van der Waals surface area (Å²) in [5.74, 6) is -1.47. The van der Waals surface area contributed by atoms with E-state index in [9.17, 15) is 14.7 Å². The van der Waals surface area contributed by atoms with Gasteiger partial charge in [-0.25, -0.2) is 0 Å². The van der Waals surface area contributed by atoms with Crippen LogP contribution in [0, 0.1) is 0 Å². The van der Waals surface area contributed by atoms with Crippen molar-refractivity contribution in [3.8, 4) is 0 Å². The number of carboxylic acid groups (broad SMARTS) is 2. The highest BCUT2D eigenvalue weighted by Crippen LogP contribution is 2.13. The normalized spacial score (nSPS) is 12.2. The van der Waals surface area contributed by atoms with Gasteiger partial charge in [0.05, 0.1) is 6.10 Å². The molecule has 21 heavy (non-hydrogen) atoms. The van der Waals surface area contributed by atoms with Gasteiger partial charge in [-0.3, -0.25) is 9.59 Å². The summed E-state index contributed by atoms with van der Waals surface area (Å²) in [6.07, 6.45) is 10.2. The second-order valence-electron chi connectivity index (χ2n) is 5.70. The predicted molar refractivity (Wildman–Crippen MR) is 81.3 cm³/mol. The molecule has 0 bridgehead atoms. The van der Waals surface area contributed by atoms with Gasteiger partial charge >= 0.3 is 11.9 Å². The number of aliphatic hydroxyl groups excluding tert-OH is 1. The highest BCUT2D eigenvalue weighted by Gasteiger charge is 2.04. The van der Waals surface area contributed by atoms with E-state index in [-0.39, 0.29) is 18.9 Å². The summed E-state index contributed by atoms with van der Waals surface area (Å²) in [5, 5.41) is 26.8. The zero-order valence-electron chi connectivity index (χ0n) is 12.9. The Morgan fingerprint density at radius 2 is 0.952 bits per heavy atom. The fraction of sp³-hybridized carbons (Fsp3) is 0.875. The Bertz CT molecular complexity index is 278. The first-order valence-electron chi connectivity index (χ1n) is 8.14. The standard InChI is InChI=1S/C16H30O5/c17-14(11-7-5-9-13-16(20)21)10-6-3-1-2-4-8-12-15(18)19/h14,17H,1-13H2,(H,18,19)(H,20,21). The first-order valence-corrected chi connectivity index (χ1v) is 8.14. The monoisotopic (exact) mass is 302 g/mol. The lowest BCUT2D eigenvalue weighted by molar-refractivity contribution is -0.138. The summed E-state index contributed by atoms with van der Waals surface area (Å²) < 4.78 is 0. The number of carboxylic acids is 2. The molecule has 1 unspecified atom stereocenters. The Labute approximate surface area is 127 Å². The van der Waals surface area contributed by atoms with Gasteiger partial charge in [0.1, 0.15) is 0 Å². The molecule has 0 saturated heterocycles. The van der Waals surface area contributed by atoms with E-state index in [0.717, 1.165) is 64.2 Å². The van der Waals surface area contributed by atoms with E-state index in [1.807, 2.05) is 0 Å². The number of aliphatic hydroxyl groups is 1. The maximum atomic E-state index is 10.3. The molecule has 0 radical (unpaired) electrons. The number of carbonyl (C=O) groups is 2. The quantitative estimate of drug-likeness (QED) is 0.402. The van der Waals surface area contributed by atoms with E-state index in [1.54, 1.807) is 0 Å². The molecule has 0 aliphatic carbocycles. The summed E-state index contributed by atoms with van der Waals surface area (Å²) in [5.41, 5.74) is 0. The number of unbranched alkanes of at least 4 members (excludes halogenated alkanes) is 7. The van der Waals surface area contributed by atoms with Crippen molar-refractivity contribution in [1.82, 2.24) is 0 Å². The fourth-order valence-corrected chi connectivity index (χ4v) is 2.34. The van der Waals surface area contributed by atoms with Crippen LogP contribution in [0.5, 0.6) is 0 Å². The smallest absolute Gasteiger partial charge is 0.303 e. The third-order valence-electron chi connectivity index (χ3n) is 3.61. The van der Waals surface area contributed by atoms with Crippen molar-refractivity contribution < 1.29 is 24.9 Å². The molecule has 0 aromatic heterocycles. The van der Waals surface area contributed by atoms with E-state index in [4.69, 9.17) is 10.2 Å². The molecule has 0 aliphatic rings. The average Bonchev–Trinajstić information content (AvgIpc) is 2.40. The minimum atomic E-state index is -0.751.